The second-order valence-electron chi connectivity index (χ2n) is 11.3. The summed E-state index contributed by atoms with van der Waals surface area (Å²) in [5, 5.41) is 26.2. The van der Waals surface area contributed by atoms with Crippen LogP contribution in [0.5, 0.6) is 11.5 Å². The van der Waals surface area contributed by atoms with E-state index in [2.05, 4.69) is 44.2 Å². The summed E-state index contributed by atoms with van der Waals surface area (Å²) in [7, 11) is 0. The third-order valence-electron chi connectivity index (χ3n) is 7.27. The summed E-state index contributed by atoms with van der Waals surface area (Å²) in [6.07, 6.45) is 8.73. The molecule has 4 rings (SSSR count). The van der Waals surface area contributed by atoms with Gasteiger partial charge in [0.1, 0.15) is 11.5 Å². The molecule has 0 fully saturated rings. The van der Waals surface area contributed by atoms with Crippen molar-refractivity contribution < 1.29 is 19.0 Å². The summed E-state index contributed by atoms with van der Waals surface area (Å²) in [5.41, 5.74) is 5.28. The van der Waals surface area contributed by atoms with Crippen molar-refractivity contribution in [1.29, 1.82) is 0 Å². The number of aryl methyl sites for hydroxylation is 1. The van der Waals surface area contributed by atoms with Crippen molar-refractivity contribution in [2.75, 3.05) is 19.8 Å². The molecule has 0 aliphatic rings. The van der Waals surface area contributed by atoms with Gasteiger partial charge in [0.25, 0.3) is 0 Å². The maximum absolute atomic E-state index is 11.0. The van der Waals surface area contributed by atoms with E-state index in [1.807, 2.05) is 97.9 Å². The molecular weight excluding hydrogens is 616 g/mol. The Morgan fingerprint density at radius 3 is 1.51 bits per heavy atom. The predicted octanol–water partition coefficient (Wildman–Crippen LogP) is 12.5. The Bertz CT molecular complexity index is 1680. The number of unbranched alkanes of at least 4 members (excludes halogenated alkanes) is 5. The first-order valence-corrected chi connectivity index (χ1v) is 16.7. The lowest BCUT2D eigenvalue weighted by molar-refractivity contribution is -0.137. The number of nitrogens with zero attached hydrogens (tertiary/aromatic N) is 6. The average molecular weight is 661 g/mol. The van der Waals surface area contributed by atoms with Gasteiger partial charge in [0.15, 0.2) is 0 Å². The van der Waals surface area contributed by atoms with E-state index in [1.54, 1.807) is 0 Å². The van der Waals surface area contributed by atoms with Crippen LogP contribution in [0.15, 0.2) is 134 Å². The Labute approximate surface area is 288 Å². The second-order valence-corrected chi connectivity index (χ2v) is 11.3. The van der Waals surface area contributed by atoms with Crippen LogP contribution in [0, 0.1) is 6.92 Å². The number of ether oxygens (including phenoxy) is 3. The molecule has 0 atom stereocenters. The van der Waals surface area contributed by atoms with Crippen LogP contribution >= 0.6 is 0 Å². The number of hydrogen-bond donors (Lipinski definition) is 0. The molecule has 0 N–H and O–H groups in total. The summed E-state index contributed by atoms with van der Waals surface area (Å²) in [6.45, 7) is 9.17. The van der Waals surface area contributed by atoms with Crippen molar-refractivity contribution in [3.05, 3.63) is 109 Å². The average Bonchev–Trinajstić information content (AvgIpc) is 3.13. The normalized spacial score (nSPS) is 11.4. The summed E-state index contributed by atoms with van der Waals surface area (Å²) in [6, 6.07) is 28.1. The van der Waals surface area contributed by atoms with Gasteiger partial charge in [-0.25, -0.2) is 4.79 Å². The Morgan fingerprint density at radius 2 is 1.00 bits per heavy atom. The molecule has 0 spiro atoms. The molecule has 10 heteroatoms. The third-order valence-corrected chi connectivity index (χ3v) is 7.27. The topological polar surface area (TPSA) is 119 Å². The van der Waals surface area contributed by atoms with Crippen LogP contribution in [0.1, 0.15) is 57.4 Å². The SMILES string of the molecule is C=CC(=O)OCCCCOc1ccc(N=Nc2ccc(N=Nc3ccc(N=Nc4ccc(OCCCCCCC)cc4)cc3)c(C)c2)cc1. The van der Waals surface area contributed by atoms with E-state index in [9.17, 15) is 4.79 Å². The number of hydrogen-bond acceptors (Lipinski definition) is 10. The van der Waals surface area contributed by atoms with Crippen molar-refractivity contribution in [3.63, 3.8) is 0 Å². The van der Waals surface area contributed by atoms with Gasteiger partial charge < -0.3 is 14.2 Å². The fourth-order valence-corrected chi connectivity index (χ4v) is 4.48. The highest BCUT2D eigenvalue weighted by atomic mass is 16.5. The first-order chi connectivity index (χ1) is 24.0. The number of rotatable bonds is 20. The van der Waals surface area contributed by atoms with E-state index < -0.39 is 5.97 Å². The Hall–Kier alpha value is -5.51. The van der Waals surface area contributed by atoms with Gasteiger partial charge in [-0.1, -0.05) is 39.2 Å². The number of benzene rings is 4. The maximum atomic E-state index is 11.0. The van der Waals surface area contributed by atoms with E-state index in [4.69, 9.17) is 14.2 Å². The smallest absolute Gasteiger partial charge is 0.330 e. The van der Waals surface area contributed by atoms with E-state index in [0.717, 1.165) is 66.1 Å². The molecule has 0 saturated heterocycles. The molecule has 0 bridgehead atoms. The first-order valence-electron chi connectivity index (χ1n) is 16.7. The van der Waals surface area contributed by atoms with Gasteiger partial charge in [0.2, 0.25) is 0 Å². The van der Waals surface area contributed by atoms with Crippen LogP contribution in [-0.2, 0) is 9.53 Å². The van der Waals surface area contributed by atoms with Crippen molar-refractivity contribution >= 4 is 40.1 Å². The zero-order chi connectivity index (χ0) is 34.5. The highest BCUT2D eigenvalue weighted by Crippen LogP contribution is 2.29. The van der Waals surface area contributed by atoms with Gasteiger partial charge in [0.05, 0.1) is 53.9 Å². The first kappa shape index (κ1) is 36.3. The molecule has 4 aromatic rings. The molecule has 0 amide bonds. The van der Waals surface area contributed by atoms with Crippen LogP contribution in [0.4, 0.5) is 34.1 Å². The minimum atomic E-state index is -0.409. The minimum Gasteiger partial charge on any atom is -0.494 e. The largest absolute Gasteiger partial charge is 0.494 e. The number of esters is 1. The van der Waals surface area contributed by atoms with Gasteiger partial charge in [-0.2, -0.15) is 30.7 Å². The lowest BCUT2D eigenvalue weighted by Gasteiger charge is -2.06. The quantitative estimate of drug-likeness (QED) is 0.0405. The van der Waals surface area contributed by atoms with Gasteiger partial charge in [0, 0.05) is 6.08 Å². The van der Waals surface area contributed by atoms with Crippen molar-refractivity contribution in [2.24, 2.45) is 30.7 Å². The van der Waals surface area contributed by atoms with Crippen LogP contribution in [0.3, 0.4) is 0 Å². The van der Waals surface area contributed by atoms with E-state index in [-0.39, 0.29) is 0 Å². The summed E-state index contributed by atoms with van der Waals surface area (Å²) in [5.74, 6) is 1.18. The van der Waals surface area contributed by atoms with E-state index in [0.29, 0.717) is 30.3 Å². The van der Waals surface area contributed by atoms with Crippen molar-refractivity contribution in [3.8, 4) is 11.5 Å². The van der Waals surface area contributed by atoms with Crippen LogP contribution < -0.4 is 9.47 Å². The monoisotopic (exact) mass is 660 g/mol. The molecule has 10 nitrogen and oxygen atoms in total. The van der Waals surface area contributed by atoms with Crippen LogP contribution in [0.25, 0.3) is 0 Å². The lowest BCUT2D eigenvalue weighted by atomic mass is 10.2. The highest BCUT2D eigenvalue weighted by Gasteiger charge is 2.02. The van der Waals surface area contributed by atoms with E-state index in [1.165, 1.54) is 25.7 Å². The fraction of sp³-hybridized carbons (Fsp3) is 0.308. The minimum absolute atomic E-state index is 0.353. The molecule has 0 aliphatic heterocycles. The number of azo groups is 3. The molecule has 0 unspecified atom stereocenters. The predicted molar refractivity (Wildman–Crippen MR) is 193 cm³/mol. The molecule has 0 aromatic heterocycles. The molecular formula is C39H44N6O4. The number of carbonyl (C=O) groups excluding carboxylic acids is 1. The van der Waals surface area contributed by atoms with E-state index >= 15 is 0 Å². The number of carbonyl (C=O) groups is 1. The Kier molecular flexibility index (Phi) is 15.3. The summed E-state index contributed by atoms with van der Waals surface area (Å²) in [4.78, 5) is 11.0. The Morgan fingerprint density at radius 1 is 0.571 bits per heavy atom. The lowest BCUT2D eigenvalue weighted by Crippen LogP contribution is -2.04. The summed E-state index contributed by atoms with van der Waals surface area (Å²) < 4.78 is 16.5. The van der Waals surface area contributed by atoms with Gasteiger partial charge >= 0.3 is 5.97 Å². The third kappa shape index (κ3) is 13.6. The summed E-state index contributed by atoms with van der Waals surface area (Å²) >= 11 is 0. The Balaban J connectivity index is 1.20. The molecule has 0 radical (unpaired) electrons. The molecule has 0 aliphatic carbocycles. The molecule has 0 saturated carbocycles. The molecule has 0 heterocycles. The molecule has 49 heavy (non-hydrogen) atoms. The van der Waals surface area contributed by atoms with Gasteiger partial charge in [-0.15, -0.1) is 0 Å². The highest BCUT2D eigenvalue weighted by molar-refractivity contribution is 5.81. The van der Waals surface area contributed by atoms with Crippen LogP contribution in [0.2, 0.25) is 0 Å². The fourth-order valence-electron chi connectivity index (χ4n) is 4.48. The molecule has 254 valence electrons. The standard InChI is InChI=1S/C39H44N6O4/c1-4-6-7-8-9-26-47-36-21-16-33(17-22-36)41-40-31-12-14-32(15-13-31)43-45-38-25-20-35(29-30(38)3)44-42-34-18-23-37(24-19-34)48-27-10-11-28-49-39(46)5-2/h5,12-25,29H,2,4,6-11,26-28H2,1,3H3. The van der Waals surface area contributed by atoms with Gasteiger partial charge in [-0.3, -0.25) is 0 Å². The second kappa shape index (κ2) is 20.7. The van der Waals surface area contributed by atoms with Gasteiger partial charge in [-0.05, 0) is 123 Å². The molecule has 4 aromatic carbocycles. The zero-order valence-electron chi connectivity index (χ0n) is 28.3. The maximum Gasteiger partial charge on any atom is 0.330 e. The van der Waals surface area contributed by atoms with Crippen LogP contribution in [-0.4, -0.2) is 25.8 Å². The van der Waals surface area contributed by atoms with Crippen molar-refractivity contribution in [1.82, 2.24) is 0 Å². The zero-order valence-corrected chi connectivity index (χ0v) is 28.3. The van der Waals surface area contributed by atoms with Crippen molar-refractivity contribution in [2.45, 2.75) is 58.8 Å².